The molecule has 5 nitrogen and oxygen atoms in total. The van der Waals surface area contributed by atoms with Gasteiger partial charge in [-0.3, -0.25) is 9.59 Å². The highest BCUT2D eigenvalue weighted by molar-refractivity contribution is 7.10. The lowest BCUT2D eigenvalue weighted by atomic mass is 9.89. The number of carbonyl (C=O) groups is 2. The van der Waals surface area contributed by atoms with Crippen molar-refractivity contribution in [2.75, 3.05) is 22.1 Å². The van der Waals surface area contributed by atoms with Crippen LogP contribution in [0.4, 0.5) is 17.1 Å². The first kappa shape index (κ1) is 17.9. The maximum Gasteiger partial charge on any atom is 0.232 e. The van der Waals surface area contributed by atoms with Crippen molar-refractivity contribution in [3.05, 3.63) is 76.0 Å². The van der Waals surface area contributed by atoms with Crippen molar-refractivity contribution in [1.29, 1.82) is 0 Å². The molecule has 0 radical (unpaired) electrons. The van der Waals surface area contributed by atoms with Crippen LogP contribution in [-0.4, -0.2) is 18.4 Å². The van der Waals surface area contributed by atoms with E-state index in [1.807, 2.05) is 53.8 Å². The number of para-hydroxylation sites is 3. The van der Waals surface area contributed by atoms with E-state index in [1.165, 1.54) is 10.4 Å². The Labute approximate surface area is 173 Å². The fraction of sp³-hybridized carbons (Fsp3) is 0.217. The van der Waals surface area contributed by atoms with Crippen LogP contribution >= 0.6 is 11.3 Å². The van der Waals surface area contributed by atoms with Crippen molar-refractivity contribution >= 4 is 40.2 Å². The van der Waals surface area contributed by atoms with Gasteiger partial charge in [0.25, 0.3) is 0 Å². The van der Waals surface area contributed by atoms with Crippen LogP contribution in [0.2, 0.25) is 0 Å². The van der Waals surface area contributed by atoms with Crippen LogP contribution in [0.3, 0.4) is 0 Å². The highest BCUT2D eigenvalue weighted by atomic mass is 32.1. The Bertz CT molecular complexity index is 1090. The second-order valence-corrected chi connectivity index (χ2v) is 8.44. The molecule has 2 amide bonds. The van der Waals surface area contributed by atoms with Gasteiger partial charge < -0.3 is 15.5 Å². The first-order valence-electron chi connectivity index (χ1n) is 9.78. The number of thiophene rings is 1. The molecule has 2 aliphatic heterocycles. The van der Waals surface area contributed by atoms with Crippen molar-refractivity contribution in [2.45, 2.75) is 25.3 Å². The quantitative estimate of drug-likeness (QED) is 0.682. The van der Waals surface area contributed by atoms with Crippen LogP contribution in [0, 0.1) is 0 Å². The summed E-state index contributed by atoms with van der Waals surface area (Å²) in [5.41, 5.74) is 4.76. The van der Waals surface area contributed by atoms with Gasteiger partial charge in [-0.15, -0.1) is 11.3 Å². The number of carbonyl (C=O) groups excluding carboxylic acids is 2. The molecule has 0 saturated heterocycles. The minimum Gasteiger partial charge on any atom is -0.365 e. The molecule has 2 aromatic carbocycles. The van der Waals surface area contributed by atoms with E-state index in [1.54, 1.807) is 0 Å². The molecule has 29 heavy (non-hydrogen) atoms. The van der Waals surface area contributed by atoms with Crippen LogP contribution in [0.1, 0.15) is 28.3 Å². The standard InChI is InChI=1S/C23H21N3O2S/c27-22-13-17(16-5-1-2-6-18(16)24-22)23(28)25-19-7-3-4-8-20(19)26-11-9-21-15(14-26)10-12-29-21/h1-8,10,12,17H,9,11,13-14H2,(H,24,27)(H,25,28)/t17-/m0/s1. The molecule has 2 aliphatic rings. The molecule has 0 aliphatic carbocycles. The number of amides is 2. The number of nitrogens with one attached hydrogen (secondary N) is 2. The van der Waals surface area contributed by atoms with Crippen molar-refractivity contribution in [3.8, 4) is 0 Å². The third kappa shape index (κ3) is 3.40. The zero-order valence-corrected chi connectivity index (χ0v) is 16.7. The number of hydrogen-bond acceptors (Lipinski definition) is 4. The average molecular weight is 404 g/mol. The molecule has 2 N–H and O–H groups in total. The monoisotopic (exact) mass is 403 g/mol. The Kier molecular flexibility index (Phi) is 4.56. The van der Waals surface area contributed by atoms with Gasteiger partial charge in [0.05, 0.1) is 17.3 Å². The van der Waals surface area contributed by atoms with E-state index >= 15 is 0 Å². The molecule has 3 heterocycles. The third-order valence-electron chi connectivity index (χ3n) is 5.63. The summed E-state index contributed by atoms with van der Waals surface area (Å²) in [5.74, 6) is -0.760. The summed E-state index contributed by atoms with van der Waals surface area (Å²) in [7, 11) is 0. The molecule has 0 saturated carbocycles. The molecule has 1 atom stereocenters. The summed E-state index contributed by atoms with van der Waals surface area (Å²) >= 11 is 1.82. The van der Waals surface area contributed by atoms with E-state index < -0.39 is 5.92 Å². The van der Waals surface area contributed by atoms with E-state index in [4.69, 9.17) is 0 Å². The Morgan fingerprint density at radius 2 is 1.93 bits per heavy atom. The highest BCUT2D eigenvalue weighted by Crippen LogP contribution is 2.35. The molecular formula is C23H21N3O2S. The van der Waals surface area contributed by atoms with Crippen LogP contribution in [-0.2, 0) is 22.6 Å². The number of rotatable bonds is 3. The fourth-order valence-electron chi connectivity index (χ4n) is 4.17. The zero-order chi connectivity index (χ0) is 19.8. The summed E-state index contributed by atoms with van der Waals surface area (Å²) in [6, 6.07) is 17.6. The second-order valence-electron chi connectivity index (χ2n) is 7.44. The molecule has 146 valence electrons. The SMILES string of the molecule is O=C1C[C@H](C(=O)Nc2ccccc2N2CCc3sccc3C2)c2ccccc2N1. The van der Waals surface area contributed by atoms with Gasteiger partial charge in [0.2, 0.25) is 11.8 Å². The molecule has 5 rings (SSSR count). The number of fused-ring (bicyclic) bond motifs is 2. The Morgan fingerprint density at radius 1 is 1.10 bits per heavy atom. The highest BCUT2D eigenvalue weighted by Gasteiger charge is 2.31. The van der Waals surface area contributed by atoms with Crippen molar-refractivity contribution in [2.24, 2.45) is 0 Å². The number of nitrogens with zero attached hydrogens (tertiary/aromatic N) is 1. The summed E-state index contributed by atoms with van der Waals surface area (Å²) in [6.45, 7) is 1.77. The first-order chi connectivity index (χ1) is 14.2. The smallest absolute Gasteiger partial charge is 0.232 e. The van der Waals surface area contributed by atoms with Crippen LogP contribution < -0.4 is 15.5 Å². The molecule has 6 heteroatoms. The van der Waals surface area contributed by atoms with Gasteiger partial charge in [0.1, 0.15) is 0 Å². The number of anilines is 3. The van der Waals surface area contributed by atoms with Gasteiger partial charge in [-0.25, -0.2) is 0 Å². The summed E-state index contributed by atoms with van der Waals surface area (Å²) in [5, 5.41) is 8.10. The van der Waals surface area contributed by atoms with E-state index in [0.29, 0.717) is 0 Å². The van der Waals surface area contributed by atoms with Gasteiger partial charge >= 0.3 is 0 Å². The predicted octanol–water partition coefficient (Wildman–Crippen LogP) is 4.38. The predicted molar refractivity (Wildman–Crippen MR) is 117 cm³/mol. The molecular weight excluding hydrogens is 382 g/mol. The third-order valence-corrected chi connectivity index (χ3v) is 6.65. The maximum atomic E-state index is 13.2. The largest absolute Gasteiger partial charge is 0.365 e. The fourth-order valence-corrected chi connectivity index (χ4v) is 5.06. The summed E-state index contributed by atoms with van der Waals surface area (Å²) in [4.78, 5) is 29.0. The van der Waals surface area contributed by atoms with Crippen molar-refractivity contribution < 1.29 is 9.59 Å². The van der Waals surface area contributed by atoms with E-state index in [9.17, 15) is 9.59 Å². The first-order valence-corrected chi connectivity index (χ1v) is 10.7. The van der Waals surface area contributed by atoms with Gasteiger partial charge in [-0.1, -0.05) is 30.3 Å². The normalized spacial score (nSPS) is 17.9. The average Bonchev–Trinajstić information content (AvgIpc) is 3.21. The molecule has 0 spiro atoms. The van der Waals surface area contributed by atoms with E-state index in [-0.39, 0.29) is 18.2 Å². The Morgan fingerprint density at radius 3 is 2.86 bits per heavy atom. The van der Waals surface area contributed by atoms with E-state index in [2.05, 4.69) is 33.0 Å². The number of benzene rings is 2. The Balaban J connectivity index is 1.41. The topological polar surface area (TPSA) is 61.4 Å². The minimum atomic E-state index is -0.488. The summed E-state index contributed by atoms with van der Waals surface area (Å²) < 4.78 is 0. The maximum absolute atomic E-state index is 13.2. The molecule has 1 aromatic heterocycles. The lowest BCUT2D eigenvalue weighted by molar-refractivity contribution is -0.123. The van der Waals surface area contributed by atoms with Crippen LogP contribution in [0.25, 0.3) is 0 Å². The number of hydrogen-bond donors (Lipinski definition) is 2. The molecule has 0 bridgehead atoms. The van der Waals surface area contributed by atoms with Gasteiger partial charge in [0, 0.05) is 30.1 Å². The zero-order valence-electron chi connectivity index (χ0n) is 15.9. The molecule has 0 fully saturated rings. The minimum absolute atomic E-state index is 0.127. The van der Waals surface area contributed by atoms with E-state index in [0.717, 1.165) is 42.1 Å². The van der Waals surface area contributed by atoms with Crippen LogP contribution in [0.5, 0.6) is 0 Å². The van der Waals surface area contributed by atoms with Crippen LogP contribution in [0.15, 0.2) is 60.0 Å². The Hall–Kier alpha value is -3.12. The second kappa shape index (κ2) is 7.37. The van der Waals surface area contributed by atoms with Gasteiger partial charge in [-0.05, 0) is 47.2 Å². The molecule has 3 aromatic rings. The van der Waals surface area contributed by atoms with Crippen molar-refractivity contribution in [3.63, 3.8) is 0 Å². The lowest BCUT2D eigenvalue weighted by Crippen LogP contribution is -2.32. The van der Waals surface area contributed by atoms with Crippen molar-refractivity contribution in [1.82, 2.24) is 0 Å². The molecule has 0 unspecified atom stereocenters. The van der Waals surface area contributed by atoms with Gasteiger partial charge in [-0.2, -0.15) is 0 Å². The lowest BCUT2D eigenvalue weighted by Gasteiger charge is -2.31. The van der Waals surface area contributed by atoms with Gasteiger partial charge in [0.15, 0.2) is 0 Å². The summed E-state index contributed by atoms with van der Waals surface area (Å²) in [6.07, 6.45) is 1.18.